The lowest BCUT2D eigenvalue weighted by Crippen LogP contribution is -2.23. The minimum Gasteiger partial charge on any atom is -0.494 e. The van der Waals surface area contributed by atoms with Gasteiger partial charge in [0.15, 0.2) is 11.5 Å². The van der Waals surface area contributed by atoms with Crippen LogP contribution in [-0.2, 0) is 6.54 Å². The van der Waals surface area contributed by atoms with Crippen LogP contribution in [0.15, 0.2) is 48.7 Å². The van der Waals surface area contributed by atoms with Crippen LogP contribution in [0.3, 0.4) is 0 Å². The number of nitrogens with one attached hydrogen (secondary N) is 1. The molecule has 1 aliphatic carbocycles. The fourth-order valence-corrected chi connectivity index (χ4v) is 5.29. The highest BCUT2D eigenvalue weighted by molar-refractivity contribution is 5.96. The molecular formula is C30H29N7O. The molecule has 6 rings (SSSR count). The van der Waals surface area contributed by atoms with Crippen molar-refractivity contribution in [1.29, 1.82) is 5.26 Å². The van der Waals surface area contributed by atoms with E-state index in [-0.39, 0.29) is 5.92 Å². The minimum absolute atomic E-state index is 0.241. The smallest absolute Gasteiger partial charge is 0.226 e. The SMILES string of the molecule is COc1cccc2c1nc(NCc1ccc(C)c(C)c1)n1nc(C3CC(c4ncc(C#N)cc4C)C3)nc21. The number of hydrogen-bond donors (Lipinski definition) is 1. The Balaban J connectivity index is 1.34. The number of aryl methyl sites for hydroxylation is 3. The summed E-state index contributed by atoms with van der Waals surface area (Å²) in [5, 5.41) is 18.5. The molecule has 0 radical (unpaired) electrons. The van der Waals surface area contributed by atoms with Gasteiger partial charge in [0.25, 0.3) is 0 Å². The predicted octanol–water partition coefficient (Wildman–Crippen LogP) is 5.75. The molecule has 0 atom stereocenters. The third kappa shape index (κ3) is 4.10. The Labute approximate surface area is 221 Å². The first kappa shape index (κ1) is 23.9. The average Bonchev–Trinajstić information content (AvgIpc) is 3.34. The van der Waals surface area contributed by atoms with Crippen LogP contribution in [0.25, 0.3) is 16.6 Å². The zero-order valence-electron chi connectivity index (χ0n) is 22.0. The van der Waals surface area contributed by atoms with E-state index in [1.165, 1.54) is 16.7 Å². The van der Waals surface area contributed by atoms with Crippen molar-refractivity contribution in [2.75, 3.05) is 12.4 Å². The van der Waals surface area contributed by atoms with Gasteiger partial charge < -0.3 is 10.1 Å². The lowest BCUT2D eigenvalue weighted by atomic mass is 9.72. The summed E-state index contributed by atoms with van der Waals surface area (Å²) in [6.45, 7) is 6.89. The molecule has 1 saturated carbocycles. The second-order valence-corrected chi connectivity index (χ2v) is 10.2. The Bertz CT molecular complexity index is 1730. The molecule has 0 amide bonds. The summed E-state index contributed by atoms with van der Waals surface area (Å²) < 4.78 is 7.46. The second kappa shape index (κ2) is 9.42. The molecule has 3 heterocycles. The third-order valence-corrected chi connectivity index (χ3v) is 7.66. The maximum atomic E-state index is 9.15. The Morgan fingerprint density at radius 3 is 2.61 bits per heavy atom. The summed E-state index contributed by atoms with van der Waals surface area (Å²) in [7, 11) is 1.66. The number of ether oxygens (including phenoxy) is 1. The Morgan fingerprint density at radius 1 is 1.03 bits per heavy atom. The van der Waals surface area contributed by atoms with Crippen LogP contribution in [0.1, 0.15) is 64.0 Å². The number of para-hydroxylation sites is 1. The van der Waals surface area contributed by atoms with Crippen LogP contribution in [0.5, 0.6) is 5.75 Å². The molecule has 0 unspecified atom stereocenters. The van der Waals surface area contributed by atoms with Gasteiger partial charge in [0.2, 0.25) is 5.95 Å². The van der Waals surface area contributed by atoms with Gasteiger partial charge in [0.05, 0.1) is 12.7 Å². The van der Waals surface area contributed by atoms with Gasteiger partial charge in [0.1, 0.15) is 17.3 Å². The highest BCUT2D eigenvalue weighted by Crippen LogP contribution is 2.47. The molecule has 190 valence electrons. The van der Waals surface area contributed by atoms with Crippen molar-refractivity contribution in [1.82, 2.24) is 24.6 Å². The lowest BCUT2D eigenvalue weighted by molar-refractivity contribution is 0.331. The lowest BCUT2D eigenvalue weighted by Gasteiger charge is -2.33. The molecule has 0 bridgehead atoms. The zero-order chi connectivity index (χ0) is 26.4. The van der Waals surface area contributed by atoms with Crippen LogP contribution in [0, 0.1) is 32.1 Å². The van der Waals surface area contributed by atoms with Crippen LogP contribution < -0.4 is 10.1 Å². The molecule has 5 aromatic rings. The van der Waals surface area contributed by atoms with Crippen molar-refractivity contribution in [2.24, 2.45) is 0 Å². The van der Waals surface area contributed by atoms with Crippen LogP contribution in [-0.4, -0.2) is 31.7 Å². The highest BCUT2D eigenvalue weighted by Gasteiger charge is 2.36. The molecular weight excluding hydrogens is 474 g/mol. The molecule has 2 aromatic carbocycles. The Morgan fingerprint density at radius 2 is 1.87 bits per heavy atom. The zero-order valence-corrected chi connectivity index (χ0v) is 22.0. The summed E-state index contributed by atoms with van der Waals surface area (Å²) in [5.74, 6) is 2.74. The molecule has 1 aliphatic rings. The molecule has 0 saturated heterocycles. The van der Waals surface area contributed by atoms with Crippen molar-refractivity contribution in [3.8, 4) is 11.8 Å². The number of pyridine rings is 1. The summed E-state index contributed by atoms with van der Waals surface area (Å²) in [6, 6.07) is 16.4. The van der Waals surface area contributed by atoms with E-state index in [1.54, 1.807) is 13.3 Å². The van der Waals surface area contributed by atoms with Gasteiger partial charge in [-0.15, -0.1) is 5.10 Å². The highest BCUT2D eigenvalue weighted by atomic mass is 16.5. The number of fused-ring (bicyclic) bond motifs is 3. The topological polar surface area (TPSA) is 101 Å². The average molecular weight is 504 g/mol. The van der Waals surface area contributed by atoms with E-state index in [1.807, 2.05) is 35.7 Å². The number of anilines is 1. The summed E-state index contributed by atoms with van der Waals surface area (Å²) in [6.07, 6.45) is 3.52. The third-order valence-electron chi connectivity index (χ3n) is 7.66. The Hall–Kier alpha value is -4.51. The first-order valence-electron chi connectivity index (χ1n) is 12.8. The van der Waals surface area contributed by atoms with Crippen molar-refractivity contribution < 1.29 is 4.74 Å². The molecule has 1 fully saturated rings. The largest absolute Gasteiger partial charge is 0.494 e. The maximum absolute atomic E-state index is 9.15. The fourth-order valence-electron chi connectivity index (χ4n) is 5.29. The molecule has 0 spiro atoms. The van der Waals surface area contributed by atoms with E-state index in [0.717, 1.165) is 46.5 Å². The van der Waals surface area contributed by atoms with Gasteiger partial charge in [-0.3, -0.25) is 4.98 Å². The molecule has 8 nitrogen and oxygen atoms in total. The fraction of sp³-hybridized carbons (Fsp3) is 0.300. The van der Waals surface area contributed by atoms with E-state index in [0.29, 0.717) is 29.7 Å². The number of rotatable bonds is 6. The minimum atomic E-state index is 0.241. The van der Waals surface area contributed by atoms with Crippen LogP contribution in [0.4, 0.5) is 5.95 Å². The van der Waals surface area contributed by atoms with Crippen molar-refractivity contribution in [3.63, 3.8) is 0 Å². The summed E-state index contributed by atoms with van der Waals surface area (Å²) >= 11 is 0. The first-order chi connectivity index (χ1) is 18.4. The number of hydrogen-bond acceptors (Lipinski definition) is 7. The van der Waals surface area contributed by atoms with Crippen LogP contribution >= 0.6 is 0 Å². The number of methoxy groups -OCH3 is 1. The Kier molecular flexibility index (Phi) is 5.91. The number of nitrogens with zero attached hydrogens (tertiary/aromatic N) is 6. The molecule has 0 aliphatic heterocycles. The molecule has 8 heteroatoms. The number of nitriles is 1. The monoisotopic (exact) mass is 503 g/mol. The van der Waals surface area contributed by atoms with E-state index >= 15 is 0 Å². The predicted molar refractivity (Wildman–Crippen MR) is 146 cm³/mol. The number of aromatic nitrogens is 5. The second-order valence-electron chi connectivity index (χ2n) is 10.2. The van der Waals surface area contributed by atoms with Crippen molar-refractivity contribution in [3.05, 3.63) is 88.0 Å². The van der Waals surface area contributed by atoms with Crippen LogP contribution in [0.2, 0.25) is 0 Å². The molecule has 1 N–H and O–H groups in total. The summed E-state index contributed by atoms with van der Waals surface area (Å²) in [4.78, 5) is 14.5. The van der Waals surface area contributed by atoms with Crippen molar-refractivity contribution >= 4 is 22.5 Å². The number of benzene rings is 2. The van der Waals surface area contributed by atoms with Gasteiger partial charge in [-0.25, -0.2) is 9.97 Å². The van der Waals surface area contributed by atoms with Gasteiger partial charge in [-0.1, -0.05) is 24.3 Å². The van der Waals surface area contributed by atoms with E-state index in [4.69, 9.17) is 25.1 Å². The van der Waals surface area contributed by atoms with E-state index < -0.39 is 0 Å². The first-order valence-corrected chi connectivity index (χ1v) is 12.8. The molecule has 3 aromatic heterocycles. The van der Waals surface area contributed by atoms with E-state index in [2.05, 4.69) is 48.4 Å². The normalized spacial score (nSPS) is 16.8. The van der Waals surface area contributed by atoms with Gasteiger partial charge in [-0.2, -0.15) is 9.78 Å². The van der Waals surface area contributed by atoms with Crippen molar-refractivity contribution in [2.45, 2.75) is 52.0 Å². The summed E-state index contributed by atoms with van der Waals surface area (Å²) in [5.41, 5.74) is 7.96. The maximum Gasteiger partial charge on any atom is 0.226 e. The molecule has 38 heavy (non-hydrogen) atoms. The van der Waals surface area contributed by atoms with E-state index in [9.17, 15) is 0 Å². The van der Waals surface area contributed by atoms with Gasteiger partial charge in [-0.05, 0) is 74.1 Å². The van der Waals surface area contributed by atoms with Gasteiger partial charge >= 0.3 is 0 Å². The van der Waals surface area contributed by atoms with Gasteiger partial charge in [0, 0.05) is 35.7 Å². The standard InChI is InChI=1S/C30H29N7O/c1-17-8-9-20(10-18(17)2)15-33-30-34-27-24(6-5-7-25(27)38-4)29-35-28(36-37(29)30)23-12-22(13-23)26-19(3)11-21(14-31)16-32-26/h5-11,16,22-23H,12-13,15H2,1-4H3,(H,33,34). The quantitative estimate of drug-likeness (QED) is 0.315.